The Morgan fingerprint density at radius 2 is 2.12 bits per heavy atom. The van der Waals surface area contributed by atoms with Crippen LogP contribution in [0.2, 0.25) is 0 Å². The zero-order chi connectivity index (χ0) is 17.6. The number of hydrogen-bond acceptors (Lipinski definition) is 5. The van der Waals surface area contributed by atoms with Crippen LogP contribution < -0.4 is 10.6 Å². The Kier molecular flexibility index (Phi) is 5.35. The maximum atomic E-state index is 11.8. The van der Waals surface area contributed by atoms with Gasteiger partial charge in [0.05, 0.1) is 11.7 Å². The van der Waals surface area contributed by atoms with E-state index in [4.69, 9.17) is 0 Å². The van der Waals surface area contributed by atoms with Crippen molar-refractivity contribution in [3.63, 3.8) is 0 Å². The lowest BCUT2D eigenvalue weighted by Gasteiger charge is -2.09. The summed E-state index contributed by atoms with van der Waals surface area (Å²) >= 11 is 3.45. The first-order valence-corrected chi connectivity index (χ1v) is 8.56. The molecule has 0 atom stereocenters. The molecule has 2 heterocycles. The first-order valence-electron chi connectivity index (χ1n) is 7.76. The summed E-state index contributed by atoms with van der Waals surface area (Å²) in [6.45, 7) is 1.97. The van der Waals surface area contributed by atoms with Crippen LogP contribution in [0.25, 0.3) is 10.9 Å². The van der Waals surface area contributed by atoms with Crippen LogP contribution in [0.4, 0.5) is 17.3 Å². The zero-order valence-electron chi connectivity index (χ0n) is 13.5. The lowest BCUT2D eigenvalue weighted by atomic mass is 10.2. The number of amides is 1. The van der Waals surface area contributed by atoms with Crippen molar-refractivity contribution in [1.82, 2.24) is 15.0 Å². The summed E-state index contributed by atoms with van der Waals surface area (Å²) in [5, 5.41) is 6.78. The average Bonchev–Trinajstić information content (AvgIpc) is 2.60. The molecule has 0 bridgehead atoms. The van der Waals surface area contributed by atoms with Crippen LogP contribution in [0.15, 0.2) is 59.5 Å². The Morgan fingerprint density at radius 3 is 2.92 bits per heavy atom. The van der Waals surface area contributed by atoms with Crippen LogP contribution in [-0.4, -0.2) is 20.9 Å². The van der Waals surface area contributed by atoms with Crippen molar-refractivity contribution in [2.75, 3.05) is 10.6 Å². The van der Waals surface area contributed by atoms with Gasteiger partial charge >= 0.3 is 0 Å². The van der Waals surface area contributed by atoms with Gasteiger partial charge < -0.3 is 10.6 Å². The maximum Gasteiger partial charge on any atom is 0.249 e. The van der Waals surface area contributed by atoms with Gasteiger partial charge in [0.2, 0.25) is 5.91 Å². The third kappa shape index (κ3) is 4.39. The third-order valence-electron chi connectivity index (χ3n) is 3.37. The minimum atomic E-state index is -0.216. The molecular formula is C18H16BrN5O. The molecule has 2 N–H and O–H groups in total. The maximum absolute atomic E-state index is 11.8. The molecule has 2 aromatic heterocycles. The van der Waals surface area contributed by atoms with Gasteiger partial charge in [-0.05, 0) is 36.8 Å². The molecule has 25 heavy (non-hydrogen) atoms. The number of hydrogen-bond donors (Lipinski definition) is 2. The van der Waals surface area contributed by atoms with Gasteiger partial charge in [-0.2, -0.15) is 0 Å². The van der Waals surface area contributed by atoms with E-state index in [1.807, 2.05) is 31.2 Å². The second-order valence-electron chi connectivity index (χ2n) is 5.24. The molecule has 0 saturated heterocycles. The van der Waals surface area contributed by atoms with Crippen molar-refractivity contribution in [2.45, 2.75) is 13.3 Å². The van der Waals surface area contributed by atoms with Crippen molar-refractivity contribution < 1.29 is 4.79 Å². The number of rotatable bonds is 5. The van der Waals surface area contributed by atoms with E-state index < -0.39 is 0 Å². The zero-order valence-corrected chi connectivity index (χ0v) is 15.1. The van der Waals surface area contributed by atoms with Crippen molar-refractivity contribution in [3.8, 4) is 0 Å². The summed E-state index contributed by atoms with van der Waals surface area (Å²) in [5.74, 6) is 0.877. The molecule has 3 aromatic rings. The van der Waals surface area contributed by atoms with E-state index in [0.29, 0.717) is 17.2 Å². The summed E-state index contributed by atoms with van der Waals surface area (Å²) in [7, 11) is 0. The van der Waals surface area contributed by atoms with Gasteiger partial charge in [-0.1, -0.05) is 35.0 Å². The first-order chi connectivity index (χ1) is 12.2. The number of nitrogens with one attached hydrogen (secondary N) is 2. The second-order valence-corrected chi connectivity index (χ2v) is 6.16. The SMILES string of the molecule is CCC=CC(=O)Nc1cc2c(Nc3cccc(Br)c3)ncnc2cn1. The number of halogens is 1. The van der Waals surface area contributed by atoms with Crippen molar-refractivity contribution in [1.29, 1.82) is 0 Å². The lowest BCUT2D eigenvalue weighted by molar-refractivity contribution is -0.111. The molecule has 0 radical (unpaired) electrons. The Labute approximate surface area is 153 Å². The number of benzene rings is 1. The van der Waals surface area contributed by atoms with Crippen LogP contribution >= 0.6 is 15.9 Å². The molecule has 3 rings (SSSR count). The Bertz CT molecular complexity index is 942. The molecule has 1 amide bonds. The standard InChI is InChI=1S/C18H16BrN5O/c1-2-3-7-17(25)24-16-9-14-15(10-20-16)21-11-22-18(14)23-13-6-4-5-12(19)8-13/h3-11H,2H2,1H3,(H,20,24,25)(H,21,22,23). The van der Waals surface area contributed by atoms with E-state index in [0.717, 1.165) is 22.0 Å². The number of anilines is 3. The number of aromatic nitrogens is 3. The normalized spacial score (nSPS) is 11.0. The van der Waals surface area contributed by atoms with Crippen LogP contribution in [-0.2, 0) is 4.79 Å². The van der Waals surface area contributed by atoms with Crippen molar-refractivity contribution >= 4 is 50.1 Å². The number of fused-ring (bicyclic) bond motifs is 1. The van der Waals surface area contributed by atoms with E-state index in [-0.39, 0.29) is 5.91 Å². The molecule has 0 unspecified atom stereocenters. The monoisotopic (exact) mass is 397 g/mol. The fourth-order valence-corrected chi connectivity index (χ4v) is 2.62. The van der Waals surface area contributed by atoms with Gasteiger partial charge in [-0.15, -0.1) is 0 Å². The molecule has 126 valence electrons. The van der Waals surface area contributed by atoms with E-state index in [1.165, 1.54) is 12.4 Å². The van der Waals surface area contributed by atoms with Crippen molar-refractivity contribution in [2.24, 2.45) is 0 Å². The number of carbonyl (C=O) groups is 1. The van der Waals surface area contributed by atoms with E-state index in [1.54, 1.807) is 18.3 Å². The third-order valence-corrected chi connectivity index (χ3v) is 3.86. The number of pyridine rings is 1. The van der Waals surface area contributed by atoms with Crippen LogP contribution in [0.3, 0.4) is 0 Å². The van der Waals surface area contributed by atoms with Gasteiger partial charge in [0.25, 0.3) is 0 Å². The Morgan fingerprint density at radius 1 is 1.24 bits per heavy atom. The Hall–Kier alpha value is -2.80. The minimum Gasteiger partial charge on any atom is -0.340 e. The summed E-state index contributed by atoms with van der Waals surface area (Å²) in [6, 6.07) is 9.53. The molecule has 6 nitrogen and oxygen atoms in total. The molecule has 1 aromatic carbocycles. The molecular weight excluding hydrogens is 382 g/mol. The lowest BCUT2D eigenvalue weighted by Crippen LogP contribution is -2.09. The Balaban J connectivity index is 1.92. The van der Waals surface area contributed by atoms with Gasteiger partial charge in [-0.3, -0.25) is 4.79 Å². The summed E-state index contributed by atoms with van der Waals surface area (Å²) < 4.78 is 0.966. The molecule has 0 aliphatic rings. The van der Waals surface area contributed by atoms with Crippen molar-refractivity contribution in [3.05, 3.63) is 59.5 Å². The van der Waals surface area contributed by atoms with E-state index in [2.05, 4.69) is 41.5 Å². The fourth-order valence-electron chi connectivity index (χ4n) is 2.22. The summed E-state index contributed by atoms with van der Waals surface area (Å²) in [6.07, 6.45) is 7.18. The molecule has 0 spiro atoms. The van der Waals surface area contributed by atoms with Gasteiger partial charge in [-0.25, -0.2) is 15.0 Å². The van der Waals surface area contributed by atoms with Gasteiger partial charge in [0.15, 0.2) is 0 Å². The van der Waals surface area contributed by atoms with Crippen LogP contribution in [0.5, 0.6) is 0 Å². The highest BCUT2D eigenvalue weighted by molar-refractivity contribution is 9.10. The van der Waals surface area contributed by atoms with Crippen LogP contribution in [0.1, 0.15) is 13.3 Å². The molecule has 7 heteroatoms. The van der Waals surface area contributed by atoms with Gasteiger partial charge in [0.1, 0.15) is 18.0 Å². The minimum absolute atomic E-state index is 0.216. The number of allylic oxidation sites excluding steroid dienone is 1. The quantitative estimate of drug-likeness (QED) is 0.622. The molecule has 0 saturated carbocycles. The largest absolute Gasteiger partial charge is 0.340 e. The molecule has 0 aliphatic carbocycles. The summed E-state index contributed by atoms with van der Waals surface area (Å²) in [4.78, 5) is 24.6. The number of nitrogens with zero attached hydrogens (tertiary/aromatic N) is 3. The first kappa shape index (κ1) is 17.0. The molecule has 0 aliphatic heterocycles. The van der Waals surface area contributed by atoms with E-state index >= 15 is 0 Å². The van der Waals surface area contributed by atoms with Gasteiger partial charge in [0, 0.05) is 15.5 Å². The summed E-state index contributed by atoms with van der Waals surface area (Å²) in [5.41, 5.74) is 1.58. The van der Waals surface area contributed by atoms with E-state index in [9.17, 15) is 4.79 Å². The topological polar surface area (TPSA) is 79.8 Å². The fraction of sp³-hybridized carbons (Fsp3) is 0.111. The smallest absolute Gasteiger partial charge is 0.249 e. The molecule has 0 fully saturated rings. The highest BCUT2D eigenvalue weighted by atomic mass is 79.9. The predicted octanol–water partition coefficient (Wildman–Crippen LogP) is 4.44. The predicted molar refractivity (Wildman–Crippen MR) is 103 cm³/mol. The number of carbonyl (C=O) groups excluding carboxylic acids is 1. The highest BCUT2D eigenvalue weighted by Gasteiger charge is 2.08. The van der Waals surface area contributed by atoms with Crippen LogP contribution in [0, 0.1) is 0 Å². The second kappa shape index (κ2) is 7.85. The highest BCUT2D eigenvalue weighted by Crippen LogP contribution is 2.25. The average molecular weight is 398 g/mol.